The summed E-state index contributed by atoms with van der Waals surface area (Å²) >= 11 is 0. The van der Waals surface area contributed by atoms with Crippen molar-refractivity contribution in [1.29, 1.82) is 0 Å². The van der Waals surface area contributed by atoms with Gasteiger partial charge in [0.2, 0.25) is 21.5 Å². The van der Waals surface area contributed by atoms with Crippen LogP contribution in [0.4, 0.5) is 14.7 Å². The number of halogens is 2. The Balaban J connectivity index is 2.59. The number of hydrogen-bond donors (Lipinski definition) is 3. The van der Waals surface area contributed by atoms with Crippen molar-refractivity contribution in [3.63, 3.8) is 0 Å². The van der Waals surface area contributed by atoms with E-state index >= 15 is 0 Å². The highest BCUT2D eigenvalue weighted by atomic mass is 32.2. The molecule has 0 amide bonds. The lowest BCUT2D eigenvalue weighted by Gasteiger charge is -2.01. The van der Waals surface area contributed by atoms with Gasteiger partial charge in [-0.3, -0.25) is 4.72 Å². The minimum Gasteiger partial charge on any atom is -0.502 e. The monoisotopic (exact) mass is 305 g/mol. The first kappa shape index (κ1) is 14.1. The Morgan fingerprint density at radius 2 is 1.85 bits per heavy atom. The molecule has 2 aromatic rings. The standard InChI is InChI=1S/C11H9F2NO5S/c1-20(17,18)14-11-9(16)8(15)10(19-11)5-3-2-4-6(12)7(5)13/h2-4,14-16H,1H3. The van der Waals surface area contributed by atoms with Crippen molar-refractivity contribution in [2.45, 2.75) is 0 Å². The van der Waals surface area contributed by atoms with Gasteiger partial charge in [-0.15, -0.1) is 0 Å². The molecule has 6 nitrogen and oxygen atoms in total. The molecule has 0 bridgehead atoms. The lowest BCUT2D eigenvalue weighted by molar-refractivity contribution is 0.410. The molecule has 0 unspecified atom stereocenters. The van der Waals surface area contributed by atoms with E-state index in [1.54, 1.807) is 4.72 Å². The zero-order valence-electron chi connectivity index (χ0n) is 10.0. The Hall–Kier alpha value is -2.29. The van der Waals surface area contributed by atoms with Crippen LogP contribution in [0.25, 0.3) is 11.3 Å². The largest absolute Gasteiger partial charge is 0.502 e. The lowest BCUT2D eigenvalue weighted by atomic mass is 10.1. The average molecular weight is 305 g/mol. The molecule has 2 rings (SSSR count). The molecule has 9 heteroatoms. The lowest BCUT2D eigenvalue weighted by Crippen LogP contribution is -2.08. The first-order valence-corrected chi connectivity index (χ1v) is 7.06. The second-order valence-corrected chi connectivity index (χ2v) is 5.68. The topological polar surface area (TPSA) is 99.8 Å². The number of anilines is 1. The maximum atomic E-state index is 13.6. The third-order valence-electron chi connectivity index (χ3n) is 2.33. The van der Waals surface area contributed by atoms with Crippen molar-refractivity contribution in [2.75, 3.05) is 11.0 Å². The van der Waals surface area contributed by atoms with E-state index in [2.05, 4.69) is 0 Å². The van der Waals surface area contributed by atoms with Gasteiger partial charge in [0.1, 0.15) is 0 Å². The minimum atomic E-state index is -3.79. The van der Waals surface area contributed by atoms with Crippen LogP contribution in [0.5, 0.6) is 11.5 Å². The summed E-state index contributed by atoms with van der Waals surface area (Å²) in [6.45, 7) is 0. The van der Waals surface area contributed by atoms with E-state index < -0.39 is 50.4 Å². The molecule has 1 aromatic heterocycles. The van der Waals surface area contributed by atoms with Crippen molar-refractivity contribution in [1.82, 2.24) is 0 Å². The van der Waals surface area contributed by atoms with E-state index in [-0.39, 0.29) is 0 Å². The predicted octanol–water partition coefficient (Wildman–Crippen LogP) is 2.01. The summed E-state index contributed by atoms with van der Waals surface area (Å²) in [5.74, 6) is -5.60. The smallest absolute Gasteiger partial charge is 0.253 e. The van der Waals surface area contributed by atoms with E-state index in [4.69, 9.17) is 4.42 Å². The maximum Gasteiger partial charge on any atom is 0.253 e. The number of sulfonamides is 1. The van der Waals surface area contributed by atoms with Crippen molar-refractivity contribution in [3.8, 4) is 22.8 Å². The zero-order chi connectivity index (χ0) is 15.1. The summed E-state index contributed by atoms with van der Waals surface area (Å²) in [4.78, 5) is 0. The van der Waals surface area contributed by atoms with Crippen LogP contribution >= 0.6 is 0 Å². The van der Waals surface area contributed by atoms with Gasteiger partial charge in [0.05, 0.1) is 11.8 Å². The Morgan fingerprint density at radius 1 is 1.20 bits per heavy atom. The van der Waals surface area contributed by atoms with Crippen molar-refractivity contribution in [3.05, 3.63) is 29.8 Å². The van der Waals surface area contributed by atoms with Gasteiger partial charge in [-0.1, -0.05) is 6.07 Å². The van der Waals surface area contributed by atoms with E-state index in [0.29, 0.717) is 0 Å². The summed E-state index contributed by atoms with van der Waals surface area (Å²) in [7, 11) is -3.79. The van der Waals surface area contributed by atoms with Crippen LogP contribution in [0.15, 0.2) is 22.6 Å². The number of hydrogen-bond acceptors (Lipinski definition) is 5. The predicted molar refractivity (Wildman–Crippen MR) is 65.9 cm³/mol. The highest BCUT2D eigenvalue weighted by Gasteiger charge is 2.25. The molecule has 0 aliphatic carbocycles. The fourth-order valence-electron chi connectivity index (χ4n) is 1.51. The van der Waals surface area contributed by atoms with Crippen LogP contribution in [-0.4, -0.2) is 24.9 Å². The number of furan rings is 1. The van der Waals surface area contributed by atoms with E-state index in [1.165, 1.54) is 0 Å². The minimum absolute atomic E-state index is 0.459. The van der Waals surface area contributed by atoms with Gasteiger partial charge in [0.25, 0.3) is 5.88 Å². The third-order valence-corrected chi connectivity index (χ3v) is 2.89. The van der Waals surface area contributed by atoms with Gasteiger partial charge in [-0.25, -0.2) is 17.2 Å². The van der Waals surface area contributed by atoms with Gasteiger partial charge < -0.3 is 14.6 Å². The molecule has 0 atom stereocenters. The summed E-state index contributed by atoms with van der Waals surface area (Å²) < 4.78 is 55.4. The Morgan fingerprint density at radius 3 is 2.45 bits per heavy atom. The molecule has 0 spiro atoms. The Labute approximate surface area is 112 Å². The van der Waals surface area contributed by atoms with Crippen LogP contribution in [0.3, 0.4) is 0 Å². The Bertz CT molecular complexity index is 769. The SMILES string of the molecule is CS(=O)(=O)Nc1oc(-c2cccc(F)c2F)c(O)c1O. The number of rotatable bonds is 3. The molecule has 0 radical (unpaired) electrons. The first-order valence-electron chi connectivity index (χ1n) is 5.17. The van der Waals surface area contributed by atoms with E-state index in [0.717, 1.165) is 24.5 Å². The van der Waals surface area contributed by atoms with Gasteiger partial charge in [0, 0.05) is 0 Å². The van der Waals surface area contributed by atoms with Crippen LogP contribution in [0, 0.1) is 11.6 Å². The summed E-state index contributed by atoms with van der Waals surface area (Å²) in [6.07, 6.45) is 0.786. The molecule has 0 fully saturated rings. The molecule has 0 aliphatic heterocycles. The molecular weight excluding hydrogens is 296 g/mol. The van der Waals surface area contributed by atoms with Gasteiger partial charge >= 0.3 is 0 Å². The van der Waals surface area contributed by atoms with Gasteiger partial charge in [-0.05, 0) is 12.1 Å². The molecule has 1 heterocycles. The fourth-order valence-corrected chi connectivity index (χ4v) is 1.99. The summed E-state index contributed by atoms with van der Waals surface area (Å²) in [5.41, 5.74) is -0.459. The summed E-state index contributed by atoms with van der Waals surface area (Å²) in [5, 5.41) is 19.1. The van der Waals surface area contributed by atoms with Crippen molar-refractivity contribution in [2.24, 2.45) is 0 Å². The van der Waals surface area contributed by atoms with Crippen LogP contribution in [-0.2, 0) is 10.0 Å². The summed E-state index contributed by atoms with van der Waals surface area (Å²) in [6, 6.07) is 3.12. The normalized spacial score (nSPS) is 11.6. The van der Waals surface area contributed by atoms with E-state index in [1.807, 2.05) is 0 Å². The van der Waals surface area contributed by atoms with Crippen LogP contribution in [0.1, 0.15) is 0 Å². The number of aromatic hydroxyl groups is 2. The van der Waals surface area contributed by atoms with Crippen molar-refractivity contribution < 1.29 is 31.8 Å². The van der Waals surface area contributed by atoms with Crippen LogP contribution in [0.2, 0.25) is 0 Å². The Kier molecular flexibility index (Phi) is 3.30. The fraction of sp³-hybridized carbons (Fsp3) is 0.0909. The second kappa shape index (κ2) is 4.67. The molecule has 0 aliphatic rings. The van der Waals surface area contributed by atoms with Crippen LogP contribution < -0.4 is 4.72 Å². The highest BCUT2D eigenvalue weighted by Crippen LogP contribution is 2.46. The molecule has 0 saturated heterocycles. The van der Waals surface area contributed by atoms with Gasteiger partial charge in [0.15, 0.2) is 17.4 Å². The van der Waals surface area contributed by atoms with Crippen molar-refractivity contribution >= 4 is 15.9 Å². The molecule has 20 heavy (non-hydrogen) atoms. The second-order valence-electron chi connectivity index (χ2n) is 3.93. The molecule has 1 aromatic carbocycles. The zero-order valence-corrected chi connectivity index (χ0v) is 10.8. The third kappa shape index (κ3) is 2.52. The maximum absolute atomic E-state index is 13.6. The average Bonchev–Trinajstić information content (AvgIpc) is 2.59. The molecule has 0 saturated carbocycles. The molecule has 3 N–H and O–H groups in total. The highest BCUT2D eigenvalue weighted by molar-refractivity contribution is 7.92. The number of benzene rings is 1. The molecular formula is C11H9F2NO5S. The van der Waals surface area contributed by atoms with Gasteiger partial charge in [-0.2, -0.15) is 0 Å². The first-order chi connectivity index (χ1) is 9.20. The van der Waals surface area contributed by atoms with E-state index in [9.17, 15) is 27.4 Å². The quantitative estimate of drug-likeness (QED) is 0.805. The molecule has 108 valence electrons. The number of nitrogens with one attached hydrogen (secondary N) is 1.